The number of carbonyl (C=O) groups is 2. The number of alkyl halides is 2. The molecule has 1 aromatic heterocycles. The molecule has 0 aliphatic rings. The van der Waals surface area contributed by atoms with Gasteiger partial charge in [-0.1, -0.05) is 0 Å². The number of aromatic nitrogens is 2. The number of primary amides is 1. The fourth-order valence-corrected chi connectivity index (χ4v) is 2.23. The van der Waals surface area contributed by atoms with Gasteiger partial charge in [-0.05, 0) is 37.1 Å². The highest BCUT2D eigenvalue weighted by atomic mass is 19.3. The molecule has 0 unspecified atom stereocenters. The maximum absolute atomic E-state index is 12.4. The number of hydrogen-bond donors (Lipinski definition) is 2. The number of carbonyl (C=O) groups excluding carboxylic acids is 2. The lowest BCUT2D eigenvalue weighted by Crippen LogP contribution is -2.18. The van der Waals surface area contributed by atoms with E-state index in [9.17, 15) is 18.4 Å². The van der Waals surface area contributed by atoms with E-state index in [1.54, 1.807) is 13.8 Å². The third-order valence-corrected chi connectivity index (χ3v) is 3.14. The topological polar surface area (TPSA) is 99.2 Å². The first-order valence-corrected chi connectivity index (χ1v) is 6.94. The molecule has 0 saturated carbocycles. The largest absolute Gasteiger partial charge is 0.434 e. The van der Waals surface area contributed by atoms with Gasteiger partial charge in [-0.15, -0.1) is 0 Å². The van der Waals surface area contributed by atoms with E-state index in [1.807, 2.05) is 0 Å². The van der Waals surface area contributed by atoms with Gasteiger partial charge in [-0.2, -0.15) is 13.9 Å². The molecule has 2 aromatic rings. The normalized spacial score (nSPS) is 10.7. The fourth-order valence-electron chi connectivity index (χ4n) is 2.23. The van der Waals surface area contributed by atoms with Crippen molar-refractivity contribution in [1.29, 1.82) is 0 Å². The second-order valence-electron chi connectivity index (χ2n) is 5.16. The first-order valence-electron chi connectivity index (χ1n) is 6.94. The molecule has 0 aliphatic heterocycles. The van der Waals surface area contributed by atoms with Crippen molar-refractivity contribution in [1.82, 2.24) is 9.78 Å². The Bertz CT molecular complexity index is 751. The highest BCUT2D eigenvalue weighted by molar-refractivity contribution is 6.04. The molecule has 2 amide bonds. The second-order valence-corrected chi connectivity index (χ2v) is 5.16. The number of nitrogens with zero attached hydrogens (tertiary/aromatic N) is 2. The van der Waals surface area contributed by atoms with E-state index in [0.717, 1.165) is 0 Å². The first-order chi connectivity index (χ1) is 11.3. The molecule has 24 heavy (non-hydrogen) atoms. The van der Waals surface area contributed by atoms with Crippen LogP contribution >= 0.6 is 0 Å². The minimum absolute atomic E-state index is 0.0517. The predicted molar refractivity (Wildman–Crippen MR) is 81.9 cm³/mol. The lowest BCUT2D eigenvalue weighted by molar-refractivity contribution is -0.118. The Balaban J connectivity index is 2.15. The molecule has 0 bridgehead atoms. The van der Waals surface area contributed by atoms with E-state index in [4.69, 9.17) is 5.73 Å². The molecular formula is C15H16F2N4O3. The van der Waals surface area contributed by atoms with Gasteiger partial charge in [-0.25, -0.2) is 0 Å². The summed E-state index contributed by atoms with van der Waals surface area (Å²) in [6, 6.07) is 2.90. The van der Waals surface area contributed by atoms with Gasteiger partial charge in [0.1, 0.15) is 12.3 Å². The summed E-state index contributed by atoms with van der Waals surface area (Å²) in [5, 5.41) is 6.49. The van der Waals surface area contributed by atoms with Crippen LogP contribution < -0.4 is 15.8 Å². The molecule has 3 N–H and O–H groups in total. The minimum Gasteiger partial charge on any atom is -0.434 e. The number of nitrogens with one attached hydrogen (secondary N) is 1. The van der Waals surface area contributed by atoms with E-state index < -0.39 is 18.4 Å². The molecular weight excluding hydrogens is 322 g/mol. The monoisotopic (exact) mass is 338 g/mol. The van der Waals surface area contributed by atoms with Crippen LogP contribution in [0, 0.1) is 13.8 Å². The molecule has 0 radical (unpaired) electrons. The van der Waals surface area contributed by atoms with Gasteiger partial charge in [0, 0.05) is 11.8 Å². The van der Waals surface area contributed by atoms with Crippen LogP contribution in [-0.2, 0) is 11.3 Å². The van der Waals surface area contributed by atoms with Crippen molar-refractivity contribution in [2.24, 2.45) is 5.73 Å². The molecule has 0 saturated heterocycles. The SMILES string of the molecule is Cc1cc(C(=O)Nc2cnn(CC(N)=O)c2)cc(C)c1OC(F)F. The molecule has 9 heteroatoms. The van der Waals surface area contributed by atoms with Crippen LogP contribution in [0.3, 0.4) is 0 Å². The number of benzene rings is 1. The lowest BCUT2D eigenvalue weighted by Gasteiger charge is -2.13. The highest BCUT2D eigenvalue weighted by Gasteiger charge is 2.15. The van der Waals surface area contributed by atoms with Crippen LogP contribution in [0.25, 0.3) is 0 Å². The zero-order valence-electron chi connectivity index (χ0n) is 13.0. The molecule has 0 aliphatic carbocycles. The molecule has 1 heterocycles. The predicted octanol–water partition coefficient (Wildman–Crippen LogP) is 1.84. The Kier molecular flexibility index (Phi) is 5.12. The number of halogens is 2. The van der Waals surface area contributed by atoms with E-state index >= 15 is 0 Å². The lowest BCUT2D eigenvalue weighted by atomic mass is 10.1. The van der Waals surface area contributed by atoms with E-state index in [0.29, 0.717) is 16.8 Å². The molecule has 0 atom stereocenters. The summed E-state index contributed by atoms with van der Waals surface area (Å²) in [6.45, 7) is 0.116. The third-order valence-electron chi connectivity index (χ3n) is 3.14. The van der Waals surface area contributed by atoms with Crippen molar-refractivity contribution < 1.29 is 23.1 Å². The van der Waals surface area contributed by atoms with Crippen LogP contribution in [0.1, 0.15) is 21.5 Å². The third kappa shape index (κ3) is 4.28. The first kappa shape index (κ1) is 17.4. The molecule has 2 rings (SSSR count). The van der Waals surface area contributed by atoms with E-state index in [2.05, 4.69) is 15.2 Å². The van der Waals surface area contributed by atoms with Crippen LogP contribution in [0.15, 0.2) is 24.5 Å². The number of rotatable bonds is 6. The zero-order valence-corrected chi connectivity index (χ0v) is 13.0. The maximum Gasteiger partial charge on any atom is 0.387 e. The maximum atomic E-state index is 12.4. The van der Waals surface area contributed by atoms with Crippen LogP contribution in [-0.4, -0.2) is 28.2 Å². The summed E-state index contributed by atoms with van der Waals surface area (Å²) in [5.41, 5.74) is 6.56. The van der Waals surface area contributed by atoms with Gasteiger partial charge in [-0.3, -0.25) is 14.3 Å². The van der Waals surface area contributed by atoms with Gasteiger partial charge in [0.2, 0.25) is 5.91 Å². The van der Waals surface area contributed by atoms with Crippen molar-refractivity contribution in [3.05, 3.63) is 41.2 Å². The van der Waals surface area contributed by atoms with Crippen molar-refractivity contribution in [3.63, 3.8) is 0 Å². The Morgan fingerprint density at radius 3 is 2.50 bits per heavy atom. The quantitative estimate of drug-likeness (QED) is 0.839. The summed E-state index contributed by atoms with van der Waals surface area (Å²) in [6.07, 6.45) is 2.82. The summed E-state index contributed by atoms with van der Waals surface area (Å²) in [7, 11) is 0. The number of ether oxygens (including phenoxy) is 1. The summed E-state index contributed by atoms with van der Waals surface area (Å²) < 4.78 is 30.5. The number of amides is 2. The van der Waals surface area contributed by atoms with Crippen molar-refractivity contribution >= 4 is 17.5 Å². The van der Waals surface area contributed by atoms with Gasteiger partial charge in [0.05, 0.1) is 11.9 Å². The standard InChI is InChI=1S/C15H16F2N4O3/c1-8-3-10(4-9(2)13(8)24-15(16)17)14(23)20-11-5-19-21(6-11)7-12(18)22/h3-6,15H,7H2,1-2H3,(H2,18,22)(H,20,23). The van der Waals surface area contributed by atoms with E-state index in [1.165, 1.54) is 29.2 Å². The van der Waals surface area contributed by atoms with Crippen LogP contribution in [0.5, 0.6) is 5.75 Å². The highest BCUT2D eigenvalue weighted by Crippen LogP contribution is 2.26. The number of hydrogen-bond acceptors (Lipinski definition) is 4. The van der Waals surface area contributed by atoms with Gasteiger partial charge < -0.3 is 15.8 Å². The Morgan fingerprint density at radius 2 is 1.96 bits per heavy atom. The van der Waals surface area contributed by atoms with Crippen LogP contribution in [0.4, 0.5) is 14.5 Å². The number of nitrogens with two attached hydrogens (primary N) is 1. The average Bonchev–Trinajstić information content (AvgIpc) is 2.88. The number of aryl methyl sites for hydroxylation is 2. The van der Waals surface area contributed by atoms with Gasteiger partial charge in [0.15, 0.2) is 0 Å². The summed E-state index contributed by atoms with van der Waals surface area (Å²) in [4.78, 5) is 23.1. The van der Waals surface area contributed by atoms with Crippen molar-refractivity contribution in [2.45, 2.75) is 27.0 Å². The van der Waals surface area contributed by atoms with Crippen molar-refractivity contribution in [2.75, 3.05) is 5.32 Å². The Morgan fingerprint density at radius 1 is 1.33 bits per heavy atom. The molecule has 1 aromatic carbocycles. The van der Waals surface area contributed by atoms with Crippen molar-refractivity contribution in [3.8, 4) is 5.75 Å². The van der Waals surface area contributed by atoms with Crippen LogP contribution in [0.2, 0.25) is 0 Å². The smallest absolute Gasteiger partial charge is 0.387 e. The zero-order chi connectivity index (χ0) is 17.9. The fraction of sp³-hybridized carbons (Fsp3) is 0.267. The summed E-state index contributed by atoms with van der Waals surface area (Å²) in [5.74, 6) is -0.948. The Hall–Kier alpha value is -2.97. The molecule has 0 fully saturated rings. The summed E-state index contributed by atoms with van der Waals surface area (Å²) >= 11 is 0. The molecule has 128 valence electrons. The number of anilines is 1. The molecule has 7 nitrogen and oxygen atoms in total. The van der Waals surface area contributed by atoms with E-state index in [-0.39, 0.29) is 17.9 Å². The van der Waals surface area contributed by atoms with Gasteiger partial charge in [0.25, 0.3) is 5.91 Å². The minimum atomic E-state index is -2.93. The average molecular weight is 338 g/mol. The second kappa shape index (κ2) is 7.07. The van der Waals surface area contributed by atoms with Gasteiger partial charge >= 0.3 is 6.61 Å². The molecule has 0 spiro atoms. The Labute approximate surface area is 136 Å².